The van der Waals surface area contributed by atoms with E-state index in [1.807, 2.05) is 25.2 Å². The number of benzene rings is 2. The predicted octanol–water partition coefficient (Wildman–Crippen LogP) is 4.37. The highest BCUT2D eigenvalue weighted by Crippen LogP contribution is 2.22. The molecule has 2 unspecified atom stereocenters. The molecule has 1 N–H and O–H groups in total. The molecule has 0 saturated heterocycles. The summed E-state index contributed by atoms with van der Waals surface area (Å²) in [6.45, 7) is 4.29. The molecule has 0 radical (unpaired) electrons. The largest absolute Gasteiger partial charge is 0.486 e. The molecule has 2 aromatic carbocycles. The fraction of sp³-hybridized carbons (Fsp3) is 0.368. The van der Waals surface area contributed by atoms with Crippen LogP contribution in [0.5, 0.6) is 5.75 Å². The van der Waals surface area contributed by atoms with Crippen molar-refractivity contribution in [2.24, 2.45) is 0 Å². The quantitative estimate of drug-likeness (QED) is 0.815. The first-order valence-electron chi connectivity index (χ1n) is 7.67. The molecule has 2 aromatic rings. The minimum Gasteiger partial charge on any atom is -0.486 e. The van der Waals surface area contributed by atoms with Gasteiger partial charge in [0, 0.05) is 6.04 Å². The van der Waals surface area contributed by atoms with Crippen molar-refractivity contribution in [3.63, 3.8) is 0 Å². The van der Waals surface area contributed by atoms with Crippen molar-refractivity contribution in [3.8, 4) is 5.75 Å². The molecule has 2 heteroatoms. The van der Waals surface area contributed by atoms with E-state index in [1.54, 1.807) is 0 Å². The van der Waals surface area contributed by atoms with Crippen LogP contribution >= 0.6 is 0 Å². The minimum absolute atomic E-state index is 0.0707. The maximum atomic E-state index is 5.99. The lowest BCUT2D eigenvalue weighted by Crippen LogP contribution is -2.21. The molecule has 2 atom stereocenters. The molecule has 2 nitrogen and oxygen atoms in total. The lowest BCUT2D eigenvalue weighted by molar-refractivity contribution is 0.227. The van der Waals surface area contributed by atoms with Gasteiger partial charge in [-0.2, -0.15) is 0 Å². The van der Waals surface area contributed by atoms with E-state index >= 15 is 0 Å². The second-order valence-electron chi connectivity index (χ2n) is 5.54. The zero-order valence-electron chi connectivity index (χ0n) is 13.2. The van der Waals surface area contributed by atoms with Gasteiger partial charge in [0.2, 0.25) is 0 Å². The Labute approximate surface area is 128 Å². The van der Waals surface area contributed by atoms with Gasteiger partial charge in [-0.3, -0.25) is 0 Å². The second kappa shape index (κ2) is 7.84. The summed E-state index contributed by atoms with van der Waals surface area (Å²) >= 11 is 0. The first-order chi connectivity index (χ1) is 10.2. The third kappa shape index (κ3) is 4.91. The van der Waals surface area contributed by atoms with E-state index in [9.17, 15) is 0 Å². The number of hydrogen-bond donors (Lipinski definition) is 1. The lowest BCUT2D eigenvalue weighted by Gasteiger charge is -2.15. The summed E-state index contributed by atoms with van der Waals surface area (Å²) in [5.41, 5.74) is 2.56. The molecule has 0 fully saturated rings. The topological polar surface area (TPSA) is 21.3 Å². The van der Waals surface area contributed by atoms with Gasteiger partial charge in [0.1, 0.15) is 11.9 Å². The van der Waals surface area contributed by atoms with Crippen molar-refractivity contribution in [3.05, 3.63) is 65.7 Å². The number of rotatable bonds is 7. The maximum Gasteiger partial charge on any atom is 0.121 e. The van der Waals surface area contributed by atoms with Crippen LogP contribution in [0.4, 0.5) is 0 Å². The monoisotopic (exact) mass is 283 g/mol. The Hall–Kier alpha value is -1.80. The molecule has 0 aromatic heterocycles. The number of aryl methyl sites for hydroxylation is 1. The molecule has 0 saturated carbocycles. The van der Waals surface area contributed by atoms with Gasteiger partial charge in [-0.05, 0) is 57.0 Å². The van der Waals surface area contributed by atoms with E-state index in [2.05, 4.69) is 55.6 Å². The molecule has 0 amide bonds. The lowest BCUT2D eigenvalue weighted by atomic mass is 10.1. The molecule has 0 aliphatic rings. The third-order valence-corrected chi connectivity index (χ3v) is 3.86. The summed E-state index contributed by atoms with van der Waals surface area (Å²) in [5, 5.41) is 3.27. The summed E-state index contributed by atoms with van der Waals surface area (Å²) in [6.07, 6.45) is 2.31. The highest BCUT2D eigenvalue weighted by molar-refractivity contribution is 5.28. The summed E-state index contributed by atoms with van der Waals surface area (Å²) in [4.78, 5) is 0. The van der Waals surface area contributed by atoms with Crippen LogP contribution in [0.15, 0.2) is 54.6 Å². The van der Waals surface area contributed by atoms with Crippen LogP contribution in [0.2, 0.25) is 0 Å². The first-order valence-corrected chi connectivity index (χ1v) is 7.67. The van der Waals surface area contributed by atoms with Gasteiger partial charge in [-0.15, -0.1) is 0 Å². The highest BCUT2D eigenvalue weighted by atomic mass is 16.5. The minimum atomic E-state index is 0.0707. The van der Waals surface area contributed by atoms with Gasteiger partial charge < -0.3 is 10.1 Å². The zero-order chi connectivity index (χ0) is 15.1. The van der Waals surface area contributed by atoms with Crippen molar-refractivity contribution in [2.75, 3.05) is 7.05 Å². The second-order valence-corrected chi connectivity index (χ2v) is 5.54. The number of nitrogens with one attached hydrogen (secondary N) is 1. The standard InChI is InChI=1S/C19H25NO/c1-15(20-3)9-10-17-11-13-19(14-12-17)21-16(2)18-7-5-4-6-8-18/h4-8,11-16,20H,9-10H2,1-3H3. The molecule has 0 spiro atoms. The fourth-order valence-corrected chi connectivity index (χ4v) is 2.26. The van der Waals surface area contributed by atoms with Crippen LogP contribution in [0.1, 0.15) is 37.5 Å². The molecule has 0 bridgehead atoms. The SMILES string of the molecule is CNC(C)CCc1ccc(OC(C)c2ccccc2)cc1. The first kappa shape index (κ1) is 15.6. The molecule has 0 aliphatic heterocycles. The van der Waals surface area contributed by atoms with Crippen molar-refractivity contribution in [1.82, 2.24) is 5.32 Å². The van der Waals surface area contributed by atoms with Crippen molar-refractivity contribution in [2.45, 2.75) is 38.8 Å². The smallest absolute Gasteiger partial charge is 0.121 e. The Morgan fingerprint density at radius 3 is 2.24 bits per heavy atom. The van der Waals surface area contributed by atoms with Crippen LogP contribution in [0.3, 0.4) is 0 Å². The van der Waals surface area contributed by atoms with Gasteiger partial charge >= 0.3 is 0 Å². The van der Waals surface area contributed by atoms with Crippen LogP contribution in [-0.4, -0.2) is 13.1 Å². The number of ether oxygens (including phenoxy) is 1. The fourth-order valence-electron chi connectivity index (χ4n) is 2.26. The summed E-state index contributed by atoms with van der Waals surface area (Å²) in [5.74, 6) is 0.928. The maximum absolute atomic E-state index is 5.99. The molecular weight excluding hydrogens is 258 g/mol. The Morgan fingerprint density at radius 1 is 0.952 bits per heavy atom. The number of hydrogen-bond acceptors (Lipinski definition) is 2. The molecular formula is C19H25NO. The highest BCUT2D eigenvalue weighted by Gasteiger charge is 2.06. The molecule has 0 aliphatic carbocycles. The van der Waals surface area contributed by atoms with Crippen molar-refractivity contribution >= 4 is 0 Å². The van der Waals surface area contributed by atoms with Crippen molar-refractivity contribution < 1.29 is 4.74 Å². The Kier molecular flexibility index (Phi) is 5.82. The summed E-state index contributed by atoms with van der Waals surface area (Å²) in [6, 6.07) is 19.3. The molecule has 0 heterocycles. The predicted molar refractivity (Wildman–Crippen MR) is 88.8 cm³/mol. The average molecular weight is 283 g/mol. The van der Waals surface area contributed by atoms with E-state index in [0.29, 0.717) is 6.04 Å². The molecule has 2 rings (SSSR count). The van der Waals surface area contributed by atoms with Gasteiger partial charge in [0.25, 0.3) is 0 Å². The van der Waals surface area contributed by atoms with Crippen LogP contribution in [0, 0.1) is 0 Å². The van der Waals surface area contributed by atoms with Crippen LogP contribution in [-0.2, 0) is 6.42 Å². The van der Waals surface area contributed by atoms with Gasteiger partial charge in [0.15, 0.2) is 0 Å². The average Bonchev–Trinajstić information content (AvgIpc) is 2.54. The van der Waals surface area contributed by atoms with Gasteiger partial charge in [-0.25, -0.2) is 0 Å². The van der Waals surface area contributed by atoms with Crippen LogP contribution < -0.4 is 10.1 Å². The van der Waals surface area contributed by atoms with Gasteiger partial charge in [-0.1, -0.05) is 42.5 Å². The Balaban J connectivity index is 1.90. The van der Waals surface area contributed by atoms with E-state index in [-0.39, 0.29) is 6.10 Å². The normalized spacial score (nSPS) is 13.7. The Bertz CT molecular complexity index is 521. The van der Waals surface area contributed by atoms with E-state index < -0.39 is 0 Å². The Morgan fingerprint density at radius 2 is 1.62 bits per heavy atom. The molecule has 21 heavy (non-hydrogen) atoms. The zero-order valence-corrected chi connectivity index (χ0v) is 13.2. The van der Waals surface area contributed by atoms with E-state index in [4.69, 9.17) is 4.74 Å². The van der Waals surface area contributed by atoms with Crippen molar-refractivity contribution in [1.29, 1.82) is 0 Å². The summed E-state index contributed by atoms with van der Waals surface area (Å²) < 4.78 is 5.99. The van der Waals surface area contributed by atoms with Gasteiger partial charge in [0.05, 0.1) is 0 Å². The van der Waals surface area contributed by atoms with E-state index in [1.165, 1.54) is 11.1 Å². The third-order valence-electron chi connectivity index (χ3n) is 3.86. The summed E-state index contributed by atoms with van der Waals surface area (Å²) in [7, 11) is 2.01. The van der Waals surface area contributed by atoms with E-state index in [0.717, 1.165) is 18.6 Å². The molecule has 112 valence electrons. The van der Waals surface area contributed by atoms with Crippen LogP contribution in [0.25, 0.3) is 0 Å².